The van der Waals surface area contributed by atoms with E-state index in [2.05, 4.69) is 5.32 Å². The van der Waals surface area contributed by atoms with Gasteiger partial charge in [0.15, 0.2) is 4.87 Å². The van der Waals surface area contributed by atoms with Gasteiger partial charge in [-0.2, -0.15) is 0 Å². The zero-order valence-electron chi connectivity index (χ0n) is 19.7. The lowest BCUT2D eigenvalue weighted by molar-refractivity contribution is -0.123. The molecule has 5 rings (SSSR count). The zero-order chi connectivity index (χ0) is 24.8. The molecule has 0 saturated carbocycles. The van der Waals surface area contributed by atoms with E-state index in [1.165, 1.54) is 23.9 Å². The lowest BCUT2D eigenvalue weighted by atomic mass is 10.1. The number of benzene rings is 3. The summed E-state index contributed by atoms with van der Waals surface area (Å²) >= 11 is 1.49. The summed E-state index contributed by atoms with van der Waals surface area (Å²) in [6.45, 7) is 4.75. The minimum atomic E-state index is -1.21. The average molecular weight is 492 g/mol. The highest BCUT2D eigenvalue weighted by Gasteiger charge is 2.63. The molecule has 3 aromatic rings. The molecular weight excluding hydrogens is 465 g/mol. The molecule has 1 spiro atoms. The first-order chi connectivity index (χ1) is 16.7. The van der Waals surface area contributed by atoms with Crippen LogP contribution in [-0.2, 0) is 16.2 Å². The summed E-state index contributed by atoms with van der Waals surface area (Å²) in [7, 11) is 1.57. The van der Waals surface area contributed by atoms with Crippen LogP contribution in [0.3, 0.4) is 0 Å². The lowest BCUT2D eigenvalue weighted by Gasteiger charge is -2.33. The smallest absolute Gasteiger partial charge is 0.323 e. The first-order valence-corrected chi connectivity index (χ1v) is 12.1. The Balaban J connectivity index is 1.54. The molecule has 2 aliphatic rings. The first-order valence-electron chi connectivity index (χ1n) is 11.3. The topological polar surface area (TPSA) is 61.9 Å². The number of rotatable bonds is 4. The van der Waals surface area contributed by atoms with Crippen LogP contribution in [0.2, 0.25) is 0 Å². The van der Waals surface area contributed by atoms with E-state index in [1.807, 2.05) is 38.1 Å². The highest BCUT2D eigenvalue weighted by molar-refractivity contribution is 8.02. The number of fused-ring (bicyclic) bond motifs is 2. The van der Waals surface area contributed by atoms with Gasteiger partial charge in [-0.1, -0.05) is 36.4 Å². The maximum Gasteiger partial charge on any atom is 0.323 e. The predicted molar refractivity (Wildman–Crippen MR) is 136 cm³/mol. The number of carbonyl (C=O) groups is 2. The number of methoxy groups -OCH3 is 1. The normalized spacial score (nSPS) is 20.3. The van der Waals surface area contributed by atoms with Crippen LogP contribution >= 0.6 is 11.8 Å². The van der Waals surface area contributed by atoms with Crippen molar-refractivity contribution in [2.45, 2.75) is 30.0 Å². The summed E-state index contributed by atoms with van der Waals surface area (Å²) in [5.41, 5.74) is 2.93. The molecule has 8 heteroatoms. The number of anilines is 2. The van der Waals surface area contributed by atoms with Crippen molar-refractivity contribution in [3.63, 3.8) is 0 Å². The maximum absolute atomic E-state index is 14.2. The number of nitrogens with zero attached hydrogens (tertiary/aromatic N) is 2. The van der Waals surface area contributed by atoms with Gasteiger partial charge in [-0.15, -0.1) is 11.8 Å². The van der Waals surface area contributed by atoms with Gasteiger partial charge in [-0.3, -0.25) is 9.69 Å². The SMILES string of the molecule is COc1cccc(NC(=O)N2CC(C)(C)SC23C(=O)N(Cc2ccc(F)cc2)c2ccccc23)c1. The van der Waals surface area contributed by atoms with Crippen molar-refractivity contribution in [1.82, 2.24) is 4.90 Å². The number of nitrogens with one attached hydrogen (secondary N) is 1. The number of ether oxygens (including phenoxy) is 1. The van der Waals surface area contributed by atoms with Crippen LogP contribution in [0.4, 0.5) is 20.6 Å². The van der Waals surface area contributed by atoms with Crippen molar-refractivity contribution in [3.8, 4) is 5.75 Å². The van der Waals surface area contributed by atoms with E-state index in [1.54, 1.807) is 53.3 Å². The van der Waals surface area contributed by atoms with E-state index >= 15 is 0 Å². The Hall–Kier alpha value is -3.52. The highest BCUT2D eigenvalue weighted by atomic mass is 32.2. The van der Waals surface area contributed by atoms with Crippen LogP contribution in [-0.4, -0.2) is 35.2 Å². The maximum atomic E-state index is 14.2. The Bertz CT molecular complexity index is 1300. The summed E-state index contributed by atoms with van der Waals surface area (Å²) in [4.78, 5) is 30.0. The molecular formula is C27H26FN3O3S. The number of hydrogen-bond acceptors (Lipinski definition) is 4. The number of amides is 3. The summed E-state index contributed by atoms with van der Waals surface area (Å²) in [5, 5.41) is 2.95. The molecule has 2 aliphatic heterocycles. The number of carbonyl (C=O) groups excluding carboxylic acids is 2. The third kappa shape index (κ3) is 4.01. The van der Waals surface area contributed by atoms with Crippen LogP contribution < -0.4 is 15.0 Å². The van der Waals surface area contributed by atoms with E-state index in [0.717, 1.165) is 16.8 Å². The van der Waals surface area contributed by atoms with Crippen LogP contribution in [0.1, 0.15) is 25.0 Å². The Labute approximate surface area is 208 Å². The van der Waals surface area contributed by atoms with Gasteiger partial charge in [0, 0.05) is 28.6 Å². The van der Waals surface area contributed by atoms with Gasteiger partial charge < -0.3 is 15.0 Å². The molecule has 0 radical (unpaired) electrons. The number of para-hydroxylation sites is 1. The largest absolute Gasteiger partial charge is 0.497 e. The van der Waals surface area contributed by atoms with Gasteiger partial charge in [0.1, 0.15) is 11.6 Å². The highest BCUT2D eigenvalue weighted by Crippen LogP contribution is 2.59. The van der Waals surface area contributed by atoms with Crippen molar-refractivity contribution in [3.05, 3.63) is 89.7 Å². The molecule has 1 fully saturated rings. The summed E-state index contributed by atoms with van der Waals surface area (Å²) in [5.74, 6) is 0.118. The van der Waals surface area contributed by atoms with Gasteiger partial charge in [0.2, 0.25) is 0 Å². The molecule has 0 aliphatic carbocycles. The molecule has 6 nitrogen and oxygen atoms in total. The summed E-state index contributed by atoms with van der Waals surface area (Å²) < 4.78 is 18.4. The molecule has 2 heterocycles. The number of hydrogen-bond donors (Lipinski definition) is 1. The number of thioether (sulfide) groups is 1. The van der Waals surface area contributed by atoms with Gasteiger partial charge in [-0.25, -0.2) is 9.18 Å². The number of urea groups is 1. The summed E-state index contributed by atoms with van der Waals surface area (Å²) in [6, 6.07) is 20.5. The molecule has 3 aromatic carbocycles. The fourth-order valence-corrected chi connectivity index (χ4v) is 6.51. The van der Waals surface area contributed by atoms with E-state index in [0.29, 0.717) is 18.0 Å². The average Bonchev–Trinajstić information content (AvgIpc) is 3.27. The molecule has 1 N–H and O–H groups in total. The molecule has 1 unspecified atom stereocenters. The third-order valence-electron chi connectivity index (χ3n) is 6.26. The Kier molecular flexibility index (Phi) is 5.71. The van der Waals surface area contributed by atoms with Crippen LogP contribution in [0.15, 0.2) is 72.8 Å². The standard InChI is InChI=1S/C27H26FN3O3S/c1-26(2)17-31(25(33)29-20-7-6-8-21(15-20)34-3)27(35-26)22-9-4-5-10-23(22)30(24(27)32)16-18-11-13-19(28)14-12-18/h4-15H,16-17H2,1-3H3,(H,29,33). The minimum Gasteiger partial charge on any atom is -0.497 e. The Morgan fingerprint density at radius 2 is 1.83 bits per heavy atom. The van der Waals surface area contributed by atoms with E-state index in [-0.39, 0.29) is 29.0 Å². The van der Waals surface area contributed by atoms with Gasteiger partial charge in [0.05, 0.1) is 19.3 Å². The fraction of sp³-hybridized carbons (Fsp3) is 0.259. The predicted octanol–water partition coefficient (Wildman–Crippen LogP) is 5.59. The molecule has 3 amide bonds. The lowest BCUT2D eigenvalue weighted by Crippen LogP contribution is -2.51. The molecule has 1 saturated heterocycles. The molecule has 35 heavy (non-hydrogen) atoms. The van der Waals surface area contributed by atoms with Gasteiger partial charge >= 0.3 is 6.03 Å². The second-order valence-corrected chi connectivity index (χ2v) is 11.2. The van der Waals surface area contributed by atoms with Gasteiger partial charge in [0.25, 0.3) is 5.91 Å². The minimum absolute atomic E-state index is 0.181. The molecule has 0 aromatic heterocycles. The Morgan fingerprint density at radius 1 is 1.09 bits per heavy atom. The second-order valence-electron chi connectivity index (χ2n) is 9.29. The molecule has 180 valence electrons. The second kappa shape index (κ2) is 8.61. The van der Waals surface area contributed by atoms with Crippen LogP contribution in [0.25, 0.3) is 0 Å². The van der Waals surface area contributed by atoms with Crippen LogP contribution in [0, 0.1) is 5.82 Å². The van der Waals surface area contributed by atoms with Crippen molar-refractivity contribution in [1.29, 1.82) is 0 Å². The molecule has 1 atom stereocenters. The monoisotopic (exact) mass is 491 g/mol. The van der Waals surface area contributed by atoms with E-state index < -0.39 is 4.87 Å². The quantitative estimate of drug-likeness (QED) is 0.517. The van der Waals surface area contributed by atoms with E-state index in [4.69, 9.17) is 4.74 Å². The van der Waals surface area contributed by atoms with Crippen molar-refractivity contribution in [2.24, 2.45) is 0 Å². The van der Waals surface area contributed by atoms with Crippen molar-refractivity contribution >= 4 is 35.1 Å². The molecule has 0 bridgehead atoms. The van der Waals surface area contributed by atoms with Crippen molar-refractivity contribution < 1.29 is 18.7 Å². The Morgan fingerprint density at radius 3 is 2.57 bits per heavy atom. The summed E-state index contributed by atoms with van der Waals surface area (Å²) in [6.07, 6.45) is 0. The van der Waals surface area contributed by atoms with Crippen LogP contribution in [0.5, 0.6) is 5.75 Å². The third-order valence-corrected chi connectivity index (χ3v) is 7.85. The van der Waals surface area contributed by atoms with Gasteiger partial charge in [-0.05, 0) is 49.7 Å². The van der Waals surface area contributed by atoms with Crippen molar-refractivity contribution in [2.75, 3.05) is 23.9 Å². The first kappa shape index (κ1) is 23.2. The fourth-order valence-electron chi connectivity index (χ4n) is 4.78. The number of halogens is 1. The zero-order valence-corrected chi connectivity index (χ0v) is 20.6. The van der Waals surface area contributed by atoms with E-state index in [9.17, 15) is 14.0 Å².